The molecule has 0 bridgehead atoms. The lowest BCUT2D eigenvalue weighted by atomic mass is 10.1. The van der Waals surface area contributed by atoms with E-state index in [0.717, 1.165) is 5.75 Å². The SMILES string of the molecule is COCOc1ccc(C)c(I)c1C. The van der Waals surface area contributed by atoms with E-state index in [9.17, 15) is 0 Å². The van der Waals surface area contributed by atoms with E-state index in [4.69, 9.17) is 9.47 Å². The Balaban J connectivity index is 2.90. The van der Waals surface area contributed by atoms with E-state index in [0.29, 0.717) is 6.79 Å². The summed E-state index contributed by atoms with van der Waals surface area (Å²) in [5, 5.41) is 0. The van der Waals surface area contributed by atoms with Crippen LogP contribution in [0.1, 0.15) is 11.1 Å². The molecule has 0 aliphatic carbocycles. The molecule has 1 aromatic carbocycles. The maximum atomic E-state index is 5.39. The zero-order valence-corrected chi connectivity index (χ0v) is 10.2. The van der Waals surface area contributed by atoms with Gasteiger partial charge >= 0.3 is 0 Å². The van der Waals surface area contributed by atoms with Crippen molar-refractivity contribution in [3.63, 3.8) is 0 Å². The molecule has 0 amide bonds. The highest BCUT2D eigenvalue weighted by Gasteiger charge is 2.04. The average molecular weight is 292 g/mol. The third kappa shape index (κ3) is 2.57. The zero-order chi connectivity index (χ0) is 9.84. The highest BCUT2D eigenvalue weighted by molar-refractivity contribution is 14.1. The molecule has 0 aliphatic heterocycles. The maximum absolute atomic E-state index is 5.39. The Morgan fingerprint density at radius 3 is 2.62 bits per heavy atom. The van der Waals surface area contributed by atoms with E-state index in [-0.39, 0.29) is 0 Å². The Morgan fingerprint density at radius 2 is 2.00 bits per heavy atom. The molecule has 0 atom stereocenters. The van der Waals surface area contributed by atoms with Gasteiger partial charge in [0.15, 0.2) is 6.79 Å². The minimum Gasteiger partial charge on any atom is -0.467 e. The molecule has 0 fully saturated rings. The fraction of sp³-hybridized carbons (Fsp3) is 0.400. The summed E-state index contributed by atoms with van der Waals surface area (Å²) in [5.41, 5.74) is 2.46. The lowest BCUT2D eigenvalue weighted by Gasteiger charge is -2.10. The van der Waals surface area contributed by atoms with Gasteiger partial charge in [-0.1, -0.05) is 6.07 Å². The van der Waals surface area contributed by atoms with Gasteiger partial charge in [0, 0.05) is 16.2 Å². The number of ether oxygens (including phenoxy) is 2. The first-order valence-electron chi connectivity index (χ1n) is 4.04. The number of benzene rings is 1. The van der Waals surface area contributed by atoms with E-state index in [2.05, 4.69) is 42.5 Å². The summed E-state index contributed by atoms with van der Waals surface area (Å²) < 4.78 is 11.5. The van der Waals surface area contributed by atoms with E-state index >= 15 is 0 Å². The molecule has 3 heteroatoms. The standard InChI is InChI=1S/C10H13IO2/c1-7-4-5-9(13-6-12-3)8(2)10(7)11/h4-5H,6H2,1-3H3. The van der Waals surface area contributed by atoms with Crippen LogP contribution in [-0.4, -0.2) is 13.9 Å². The molecule has 0 heterocycles. The second kappa shape index (κ2) is 4.81. The van der Waals surface area contributed by atoms with Crippen molar-refractivity contribution < 1.29 is 9.47 Å². The number of aryl methyl sites for hydroxylation is 1. The number of rotatable bonds is 3. The van der Waals surface area contributed by atoms with E-state index in [1.54, 1.807) is 7.11 Å². The molecule has 1 rings (SSSR count). The summed E-state index contributed by atoms with van der Waals surface area (Å²) in [6.07, 6.45) is 0. The number of hydrogen-bond acceptors (Lipinski definition) is 2. The Bertz CT molecular complexity index is 297. The van der Waals surface area contributed by atoms with Crippen molar-refractivity contribution in [2.75, 3.05) is 13.9 Å². The number of hydrogen-bond donors (Lipinski definition) is 0. The van der Waals surface area contributed by atoms with Gasteiger partial charge in [0.25, 0.3) is 0 Å². The third-order valence-corrected chi connectivity index (χ3v) is 3.52. The second-order valence-electron chi connectivity index (χ2n) is 2.87. The predicted molar refractivity (Wildman–Crippen MR) is 61.1 cm³/mol. The van der Waals surface area contributed by atoms with Gasteiger partial charge in [-0.15, -0.1) is 0 Å². The summed E-state index contributed by atoms with van der Waals surface area (Å²) in [7, 11) is 1.62. The summed E-state index contributed by atoms with van der Waals surface area (Å²) in [6.45, 7) is 4.45. The topological polar surface area (TPSA) is 18.5 Å². The lowest BCUT2D eigenvalue weighted by molar-refractivity contribution is 0.0505. The van der Waals surface area contributed by atoms with Gasteiger partial charge in [-0.25, -0.2) is 0 Å². The minimum atomic E-state index is 0.306. The van der Waals surface area contributed by atoms with Crippen molar-refractivity contribution in [3.05, 3.63) is 26.8 Å². The van der Waals surface area contributed by atoms with Crippen LogP contribution >= 0.6 is 22.6 Å². The van der Waals surface area contributed by atoms with Gasteiger partial charge in [0.05, 0.1) is 0 Å². The first-order chi connectivity index (χ1) is 6.16. The molecule has 0 spiro atoms. The summed E-state index contributed by atoms with van der Waals surface area (Å²) in [4.78, 5) is 0. The van der Waals surface area contributed by atoms with Crippen LogP contribution in [0.2, 0.25) is 0 Å². The maximum Gasteiger partial charge on any atom is 0.188 e. The van der Waals surface area contributed by atoms with E-state index in [1.165, 1.54) is 14.7 Å². The van der Waals surface area contributed by atoms with Crippen molar-refractivity contribution >= 4 is 22.6 Å². The molecule has 72 valence electrons. The number of methoxy groups -OCH3 is 1. The smallest absolute Gasteiger partial charge is 0.188 e. The molecule has 0 unspecified atom stereocenters. The van der Waals surface area contributed by atoms with Crippen molar-refractivity contribution in [2.24, 2.45) is 0 Å². The van der Waals surface area contributed by atoms with Crippen molar-refractivity contribution in [1.29, 1.82) is 0 Å². The average Bonchev–Trinajstić information content (AvgIpc) is 2.13. The summed E-state index contributed by atoms with van der Waals surface area (Å²) in [5.74, 6) is 0.900. The Morgan fingerprint density at radius 1 is 1.31 bits per heavy atom. The monoisotopic (exact) mass is 292 g/mol. The van der Waals surface area contributed by atoms with Crippen LogP contribution in [0.25, 0.3) is 0 Å². The van der Waals surface area contributed by atoms with E-state index in [1.807, 2.05) is 6.07 Å². The third-order valence-electron chi connectivity index (χ3n) is 1.86. The van der Waals surface area contributed by atoms with Crippen LogP contribution in [0.15, 0.2) is 12.1 Å². The Labute approximate surface area is 92.4 Å². The summed E-state index contributed by atoms with van der Waals surface area (Å²) >= 11 is 2.33. The lowest BCUT2D eigenvalue weighted by Crippen LogP contribution is -2.01. The van der Waals surface area contributed by atoms with Crippen molar-refractivity contribution in [1.82, 2.24) is 0 Å². The largest absolute Gasteiger partial charge is 0.467 e. The van der Waals surface area contributed by atoms with Gasteiger partial charge in [-0.05, 0) is 48.1 Å². The molecule has 0 radical (unpaired) electrons. The van der Waals surface area contributed by atoms with Gasteiger partial charge in [0.2, 0.25) is 0 Å². The molecular weight excluding hydrogens is 279 g/mol. The molecule has 2 nitrogen and oxygen atoms in total. The fourth-order valence-corrected chi connectivity index (χ4v) is 1.53. The quantitative estimate of drug-likeness (QED) is 0.630. The molecule has 0 N–H and O–H groups in total. The summed E-state index contributed by atoms with van der Waals surface area (Å²) in [6, 6.07) is 4.03. The van der Waals surface area contributed by atoms with Crippen molar-refractivity contribution in [3.8, 4) is 5.75 Å². The highest BCUT2D eigenvalue weighted by Crippen LogP contribution is 2.25. The Hall–Kier alpha value is -0.290. The van der Waals surface area contributed by atoms with Gasteiger partial charge in [-0.2, -0.15) is 0 Å². The van der Waals surface area contributed by atoms with Gasteiger partial charge < -0.3 is 9.47 Å². The molecule has 0 aromatic heterocycles. The second-order valence-corrected chi connectivity index (χ2v) is 3.95. The van der Waals surface area contributed by atoms with Gasteiger partial charge in [-0.3, -0.25) is 0 Å². The fourth-order valence-electron chi connectivity index (χ4n) is 1.08. The van der Waals surface area contributed by atoms with Crippen LogP contribution in [0.5, 0.6) is 5.75 Å². The first kappa shape index (κ1) is 10.8. The molecule has 0 aliphatic rings. The van der Waals surface area contributed by atoms with Crippen LogP contribution in [-0.2, 0) is 4.74 Å². The van der Waals surface area contributed by atoms with Crippen LogP contribution in [0.4, 0.5) is 0 Å². The Kier molecular flexibility index (Phi) is 3.99. The number of halogens is 1. The minimum absolute atomic E-state index is 0.306. The van der Waals surface area contributed by atoms with Crippen LogP contribution in [0.3, 0.4) is 0 Å². The molecule has 0 saturated carbocycles. The molecule has 0 saturated heterocycles. The van der Waals surface area contributed by atoms with Crippen molar-refractivity contribution in [2.45, 2.75) is 13.8 Å². The van der Waals surface area contributed by atoms with Crippen LogP contribution in [0, 0.1) is 17.4 Å². The molecule has 13 heavy (non-hydrogen) atoms. The first-order valence-corrected chi connectivity index (χ1v) is 5.12. The molecule has 1 aromatic rings. The molecular formula is C10H13IO2. The van der Waals surface area contributed by atoms with E-state index < -0.39 is 0 Å². The zero-order valence-electron chi connectivity index (χ0n) is 8.06. The highest BCUT2D eigenvalue weighted by atomic mass is 127. The van der Waals surface area contributed by atoms with Crippen LogP contribution < -0.4 is 4.74 Å². The van der Waals surface area contributed by atoms with Gasteiger partial charge in [0.1, 0.15) is 5.75 Å². The normalized spacial score (nSPS) is 10.2. The predicted octanol–water partition coefficient (Wildman–Crippen LogP) is 2.89.